The number of aryl methyl sites for hydroxylation is 3. The number of hydrogen-bond acceptors (Lipinski definition) is 5. The van der Waals surface area contributed by atoms with Gasteiger partial charge in [0.15, 0.2) is 6.10 Å². The van der Waals surface area contributed by atoms with Gasteiger partial charge in [0.25, 0.3) is 0 Å². The van der Waals surface area contributed by atoms with Crippen LogP contribution in [0.3, 0.4) is 0 Å². The zero-order valence-corrected chi connectivity index (χ0v) is 20.8. The number of carbonyl (C=O) groups is 2. The molecule has 1 amide bonds. The SMILES string of the molecule is Cc1ccc(CCCc2ccccc2)c(OCC2CN(c3cccc(C(N)=NCC(=O)O)c3)C(=O)O2)c1. The van der Waals surface area contributed by atoms with Crippen LogP contribution in [0.15, 0.2) is 77.8 Å². The Bertz CT molecular complexity index is 1280. The van der Waals surface area contributed by atoms with Crippen LogP contribution in [0.2, 0.25) is 0 Å². The fourth-order valence-electron chi connectivity index (χ4n) is 4.21. The number of anilines is 1. The van der Waals surface area contributed by atoms with Gasteiger partial charge < -0.3 is 20.3 Å². The first-order valence-electron chi connectivity index (χ1n) is 12.3. The van der Waals surface area contributed by atoms with Crippen molar-refractivity contribution < 1.29 is 24.2 Å². The minimum Gasteiger partial charge on any atom is -0.489 e. The maximum absolute atomic E-state index is 12.6. The third kappa shape index (κ3) is 7.10. The van der Waals surface area contributed by atoms with Gasteiger partial charge in [-0.3, -0.25) is 14.7 Å². The molecular formula is C29H31N3O5. The number of rotatable bonds is 11. The quantitative estimate of drug-likeness (QED) is 0.298. The van der Waals surface area contributed by atoms with Crippen molar-refractivity contribution >= 4 is 23.6 Å². The van der Waals surface area contributed by atoms with Gasteiger partial charge in [-0.25, -0.2) is 4.79 Å². The van der Waals surface area contributed by atoms with Crippen molar-refractivity contribution in [3.8, 4) is 5.75 Å². The number of carboxylic acid groups (broad SMARTS) is 1. The number of amides is 1. The minimum atomic E-state index is -1.07. The maximum atomic E-state index is 12.6. The second-order valence-electron chi connectivity index (χ2n) is 9.02. The smallest absolute Gasteiger partial charge is 0.414 e. The number of hydrogen-bond donors (Lipinski definition) is 2. The summed E-state index contributed by atoms with van der Waals surface area (Å²) in [4.78, 5) is 28.7. The van der Waals surface area contributed by atoms with Gasteiger partial charge in [-0.2, -0.15) is 0 Å². The summed E-state index contributed by atoms with van der Waals surface area (Å²) in [6.07, 6.45) is 1.98. The largest absolute Gasteiger partial charge is 0.489 e. The van der Waals surface area contributed by atoms with Crippen molar-refractivity contribution in [2.45, 2.75) is 32.3 Å². The minimum absolute atomic E-state index is 0.0935. The number of nitrogens with two attached hydrogens (primary N) is 1. The second-order valence-corrected chi connectivity index (χ2v) is 9.02. The molecule has 0 spiro atoms. The molecule has 0 aromatic heterocycles. The standard InChI is InChI=1S/C29H31N3O5/c1-20-13-14-22(10-5-9-21-7-3-2-4-8-21)26(15-20)36-19-25-18-32(29(35)37-25)24-12-6-11-23(16-24)28(30)31-17-27(33)34/h2-4,6-8,11-16,25H,5,9-10,17-19H2,1H3,(H2,30,31)(H,33,34). The van der Waals surface area contributed by atoms with Gasteiger partial charge in [0.1, 0.15) is 24.7 Å². The Balaban J connectivity index is 1.37. The lowest BCUT2D eigenvalue weighted by Gasteiger charge is -2.16. The molecule has 0 aliphatic carbocycles. The summed E-state index contributed by atoms with van der Waals surface area (Å²) in [5.41, 5.74) is 10.6. The molecule has 0 saturated carbocycles. The normalized spacial score (nSPS) is 15.5. The Morgan fingerprint density at radius 2 is 1.92 bits per heavy atom. The molecule has 0 bridgehead atoms. The van der Waals surface area contributed by atoms with Crippen LogP contribution in [-0.2, 0) is 22.4 Å². The van der Waals surface area contributed by atoms with Crippen molar-refractivity contribution in [2.24, 2.45) is 10.7 Å². The first kappa shape index (κ1) is 25.8. The number of amidine groups is 1. The molecule has 192 valence electrons. The van der Waals surface area contributed by atoms with Crippen LogP contribution in [0, 0.1) is 6.92 Å². The summed E-state index contributed by atoms with van der Waals surface area (Å²) in [5, 5.41) is 8.81. The monoisotopic (exact) mass is 501 g/mol. The van der Waals surface area contributed by atoms with Gasteiger partial charge in [0, 0.05) is 11.3 Å². The second kappa shape index (κ2) is 12.1. The lowest BCUT2D eigenvalue weighted by Crippen LogP contribution is -2.27. The predicted octanol–water partition coefficient (Wildman–Crippen LogP) is 4.36. The fourth-order valence-corrected chi connectivity index (χ4v) is 4.21. The van der Waals surface area contributed by atoms with E-state index < -0.39 is 24.7 Å². The number of nitrogens with zero attached hydrogens (tertiary/aromatic N) is 2. The number of aliphatic carboxylic acids is 1. The Labute approximate surface area is 216 Å². The lowest BCUT2D eigenvalue weighted by molar-refractivity contribution is -0.135. The lowest BCUT2D eigenvalue weighted by atomic mass is 10.0. The number of ether oxygens (including phenoxy) is 2. The summed E-state index contributed by atoms with van der Waals surface area (Å²) in [6.45, 7) is 2.16. The molecule has 1 fully saturated rings. The highest BCUT2D eigenvalue weighted by molar-refractivity contribution is 6.00. The van der Waals surface area contributed by atoms with E-state index >= 15 is 0 Å². The number of aliphatic imine (C=N–C) groups is 1. The van der Waals surface area contributed by atoms with Crippen LogP contribution in [0.25, 0.3) is 0 Å². The zero-order chi connectivity index (χ0) is 26.2. The van der Waals surface area contributed by atoms with E-state index in [2.05, 4.69) is 41.4 Å². The summed E-state index contributed by atoms with van der Waals surface area (Å²) in [5.74, 6) is -0.166. The third-order valence-electron chi connectivity index (χ3n) is 6.11. The number of carbonyl (C=O) groups excluding carboxylic acids is 1. The number of cyclic esters (lactones) is 1. The van der Waals surface area contributed by atoms with Gasteiger partial charge in [0.05, 0.1) is 6.54 Å². The molecule has 1 aliphatic rings. The van der Waals surface area contributed by atoms with Gasteiger partial charge in [0.2, 0.25) is 0 Å². The van der Waals surface area contributed by atoms with E-state index in [1.165, 1.54) is 10.5 Å². The van der Waals surface area contributed by atoms with Crippen molar-refractivity contribution in [2.75, 3.05) is 24.6 Å². The Morgan fingerprint density at radius 1 is 1.11 bits per heavy atom. The Morgan fingerprint density at radius 3 is 2.70 bits per heavy atom. The molecule has 4 rings (SSSR count). The molecule has 3 N–H and O–H groups in total. The average Bonchev–Trinajstić information content (AvgIpc) is 3.28. The van der Waals surface area contributed by atoms with Crippen LogP contribution in [-0.4, -0.2) is 48.8 Å². The highest BCUT2D eigenvalue weighted by Gasteiger charge is 2.33. The van der Waals surface area contributed by atoms with Crippen LogP contribution < -0.4 is 15.4 Å². The molecular weight excluding hydrogens is 470 g/mol. The van der Waals surface area contributed by atoms with Gasteiger partial charge in [-0.15, -0.1) is 0 Å². The summed E-state index contributed by atoms with van der Waals surface area (Å²) in [7, 11) is 0. The van der Waals surface area contributed by atoms with E-state index in [1.807, 2.05) is 19.1 Å². The first-order valence-corrected chi connectivity index (χ1v) is 12.3. The van der Waals surface area contributed by atoms with E-state index in [9.17, 15) is 9.59 Å². The molecule has 8 heteroatoms. The third-order valence-corrected chi connectivity index (χ3v) is 6.11. The molecule has 0 radical (unpaired) electrons. The fraction of sp³-hybridized carbons (Fsp3) is 0.276. The maximum Gasteiger partial charge on any atom is 0.414 e. The van der Waals surface area contributed by atoms with Gasteiger partial charge in [-0.05, 0) is 61.1 Å². The summed E-state index contributed by atoms with van der Waals surface area (Å²) in [6, 6.07) is 23.5. The van der Waals surface area contributed by atoms with E-state index in [0.717, 1.165) is 36.1 Å². The molecule has 1 unspecified atom stereocenters. The Kier molecular flexibility index (Phi) is 8.40. The van der Waals surface area contributed by atoms with Crippen LogP contribution >= 0.6 is 0 Å². The van der Waals surface area contributed by atoms with Crippen LogP contribution in [0.5, 0.6) is 5.75 Å². The molecule has 3 aromatic rings. The van der Waals surface area contributed by atoms with Gasteiger partial charge in [-0.1, -0.05) is 54.6 Å². The molecule has 1 saturated heterocycles. The highest BCUT2D eigenvalue weighted by atomic mass is 16.6. The molecule has 1 aliphatic heterocycles. The molecule has 3 aromatic carbocycles. The highest BCUT2D eigenvalue weighted by Crippen LogP contribution is 2.26. The topological polar surface area (TPSA) is 114 Å². The van der Waals surface area contributed by atoms with Crippen molar-refractivity contribution in [1.29, 1.82) is 0 Å². The van der Waals surface area contributed by atoms with E-state index in [0.29, 0.717) is 17.8 Å². The molecule has 8 nitrogen and oxygen atoms in total. The summed E-state index contributed by atoms with van der Waals surface area (Å²) < 4.78 is 11.7. The molecule has 1 heterocycles. The van der Waals surface area contributed by atoms with E-state index in [1.54, 1.807) is 24.3 Å². The van der Waals surface area contributed by atoms with Crippen LogP contribution in [0.1, 0.15) is 28.7 Å². The average molecular weight is 502 g/mol. The predicted molar refractivity (Wildman–Crippen MR) is 142 cm³/mol. The zero-order valence-electron chi connectivity index (χ0n) is 20.8. The van der Waals surface area contributed by atoms with Crippen molar-refractivity contribution in [3.63, 3.8) is 0 Å². The number of benzene rings is 3. The Hall–Kier alpha value is -4.33. The number of carboxylic acids is 1. The van der Waals surface area contributed by atoms with E-state index in [-0.39, 0.29) is 12.4 Å². The van der Waals surface area contributed by atoms with E-state index in [4.69, 9.17) is 20.3 Å². The van der Waals surface area contributed by atoms with Crippen molar-refractivity contribution in [3.05, 3.63) is 95.1 Å². The molecule has 37 heavy (non-hydrogen) atoms. The summed E-state index contributed by atoms with van der Waals surface area (Å²) >= 11 is 0. The van der Waals surface area contributed by atoms with Crippen LogP contribution in [0.4, 0.5) is 10.5 Å². The first-order chi connectivity index (χ1) is 17.9. The molecule has 1 atom stereocenters. The van der Waals surface area contributed by atoms with Gasteiger partial charge >= 0.3 is 12.1 Å². The van der Waals surface area contributed by atoms with Crippen molar-refractivity contribution in [1.82, 2.24) is 0 Å².